The maximum absolute atomic E-state index is 12.2. The number of rotatable bonds is 1. The Labute approximate surface area is 129 Å². The first kappa shape index (κ1) is 15.9. The summed E-state index contributed by atoms with van der Waals surface area (Å²) < 4.78 is 0. The average Bonchev–Trinajstić information content (AvgIpc) is 2.80. The molecule has 2 atom stereocenters. The fraction of sp³-hybridized carbons (Fsp3) is 0.625. The van der Waals surface area contributed by atoms with Crippen molar-refractivity contribution in [1.82, 2.24) is 0 Å². The van der Waals surface area contributed by atoms with Crippen molar-refractivity contribution in [3.63, 3.8) is 0 Å². The molecule has 2 nitrogen and oxygen atoms in total. The molecule has 0 saturated carbocycles. The molecule has 0 spiro atoms. The lowest BCUT2D eigenvalue weighted by Gasteiger charge is -2.23. The van der Waals surface area contributed by atoms with Gasteiger partial charge in [-0.1, -0.05) is 77.2 Å². The van der Waals surface area contributed by atoms with Gasteiger partial charge < -0.3 is 0 Å². The van der Waals surface area contributed by atoms with Gasteiger partial charge in [0.2, 0.25) is 10.2 Å². The third-order valence-corrected chi connectivity index (χ3v) is 6.60. The molecule has 0 aromatic rings. The molecule has 2 aliphatic heterocycles. The van der Waals surface area contributed by atoms with Crippen molar-refractivity contribution >= 4 is 33.8 Å². The van der Waals surface area contributed by atoms with E-state index in [-0.39, 0.29) is 31.6 Å². The summed E-state index contributed by atoms with van der Waals surface area (Å²) in [6.07, 6.45) is 3.98. The Kier molecular flexibility index (Phi) is 4.02. The molecule has 0 N–H and O–H groups in total. The normalized spacial score (nSPS) is 27.9. The molecular formula is C16H22O2S2. The molecule has 0 aromatic heterocycles. The lowest BCUT2D eigenvalue weighted by atomic mass is 9.88. The van der Waals surface area contributed by atoms with Gasteiger partial charge in [0.25, 0.3) is 0 Å². The van der Waals surface area contributed by atoms with Crippen LogP contribution in [0.15, 0.2) is 23.3 Å². The number of hydrogen-bond donors (Lipinski definition) is 0. The second-order valence-corrected chi connectivity index (χ2v) is 9.77. The fourth-order valence-electron chi connectivity index (χ4n) is 2.12. The van der Waals surface area contributed by atoms with Crippen molar-refractivity contribution in [2.45, 2.75) is 52.0 Å². The van der Waals surface area contributed by atoms with Crippen LogP contribution in [0.2, 0.25) is 0 Å². The van der Waals surface area contributed by atoms with E-state index in [9.17, 15) is 9.59 Å². The van der Waals surface area contributed by atoms with Crippen molar-refractivity contribution in [2.75, 3.05) is 0 Å². The van der Waals surface area contributed by atoms with Gasteiger partial charge in [-0.2, -0.15) is 0 Å². The third kappa shape index (κ3) is 3.06. The highest BCUT2D eigenvalue weighted by molar-refractivity contribution is 8.16. The summed E-state index contributed by atoms with van der Waals surface area (Å²) in [6, 6.07) is 0. The van der Waals surface area contributed by atoms with Gasteiger partial charge >= 0.3 is 0 Å². The second-order valence-electron chi connectivity index (χ2n) is 7.54. The summed E-state index contributed by atoms with van der Waals surface area (Å²) >= 11 is 2.69. The standard InChI is InChI=1S/C16H22O2S2/c1-15(2,3)11-7-9(13(17)19-11)10-8-12(16(4,5)6)20-14(10)18/h7-8,11-12H,1-6H3/t11-,12-/m1/s1. The van der Waals surface area contributed by atoms with Gasteiger partial charge in [0.1, 0.15) is 0 Å². The van der Waals surface area contributed by atoms with Gasteiger partial charge in [-0.05, 0) is 10.8 Å². The van der Waals surface area contributed by atoms with Crippen molar-refractivity contribution in [3.8, 4) is 0 Å². The molecule has 0 fully saturated rings. The Balaban J connectivity index is 2.32. The van der Waals surface area contributed by atoms with Crippen LogP contribution in [0, 0.1) is 10.8 Å². The molecule has 4 heteroatoms. The minimum absolute atomic E-state index is 0.0286. The predicted molar refractivity (Wildman–Crippen MR) is 87.8 cm³/mol. The van der Waals surface area contributed by atoms with Gasteiger partial charge in [-0.3, -0.25) is 9.59 Å². The number of thioether (sulfide) groups is 2. The molecule has 0 unspecified atom stereocenters. The summed E-state index contributed by atoms with van der Waals surface area (Å²) in [5.41, 5.74) is 1.31. The van der Waals surface area contributed by atoms with Crippen molar-refractivity contribution in [1.29, 1.82) is 0 Å². The van der Waals surface area contributed by atoms with Crippen LogP contribution in [0.1, 0.15) is 41.5 Å². The topological polar surface area (TPSA) is 34.1 Å². The molecule has 0 bridgehead atoms. The summed E-state index contributed by atoms with van der Waals surface area (Å²) in [5, 5.41) is 0.383. The first-order chi connectivity index (χ1) is 9.00. The van der Waals surface area contributed by atoms with Crippen LogP contribution in [0.5, 0.6) is 0 Å². The molecule has 2 aliphatic rings. The zero-order chi connectivity index (χ0) is 15.3. The highest BCUT2D eigenvalue weighted by Gasteiger charge is 2.40. The van der Waals surface area contributed by atoms with Gasteiger partial charge in [-0.25, -0.2) is 0 Å². The largest absolute Gasteiger partial charge is 0.282 e. The molecule has 2 rings (SSSR count). The van der Waals surface area contributed by atoms with Crippen LogP contribution in [0.3, 0.4) is 0 Å². The van der Waals surface area contributed by atoms with E-state index in [0.29, 0.717) is 11.1 Å². The van der Waals surface area contributed by atoms with Crippen LogP contribution in [-0.4, -0.2) is 20.7 Å². The summed E-state index contributed by atoms with van der Waals surface area (Å²) in [4.78, 5) is 24.4. The van der Waals surface area contributed by atoms with Crippen LogP contribution in [0.25, 0.3) is 0 Å². The second kappa shape index (κ2) is 5.06. The smallest absolute Gasteiger partial charge is 0.220 e. The number of carbonyl (C=O) groups is 2. The van der Waals surface area contributed by atoms with Crippen molar-refractivity contribution in [3.05, 3.63) is 23.3 Å². The fourth-order valence-corrected chi connectivity index (χ4v) is 4.30. The Morgan fingerprint density at radius 3 is 1.25 bits per heavy atom. The Hall–Kier alpha value is -0.480. The van der Waals surface area contributed by atoms with Crippen molar-refractivity contribution in [2.24, 2.45) is 10.8 Å². The summed E-state index contributed by atoms with van der Waals surface area (Å²) in [5.74, 6) is 0. The maximum Gasteiger partial charge on any atom is 0.220 e. The highest BCUT2D eigenvalue weighted by Crippen LogP contribution is 2.46. The van der Waals surface area contributed by atoms with Crippen LogP contribution in [0.4, 0.5) is 0 Å². The van der Waals surface area contributed by atoms with E-state index in [1.807, 2.05) is 12.2 Å². The number of hydrogen-bond acceptors (Lipinski definition) is 4. The van der Waals surface area contributed by atoms with E-state index >= 15 is 0 Å². The lowest BCUT2D eigenvalue weighted by molar-refractivity contribution is -0.110. The minimum Gasteiger partial charge on any atom is -0.282 e. The Morgan fingerprint density at radius 1 is 0.750 bits per heavy atom. The molecule has 0 aromatic carbocycles. The van der Waals surface area contributed by atoms with Crippen molar-refractivity contribution < 1.29 is 9.59 Å². The minimum atomic E-state index is 0.0286. The highest BCUT2D eigenvalue weighted by atomic mass is 32.2. The zero-order valence-electron chi connectivity index (χ0n) is 12.9. The predicted octanol–water partition coefficient (Wildman–Crippen LogP) is 4.22. The summed E-state index contributed by atoms with van der Waals surface area (Å²) in [7, 11) is 0. The van der Waals surface area contributed by atoms with Gasteiger partial charge in [-0.15, -0.1) is 0 Å². The van der Waals surface area contributed by atoms with E-state index in [1.54, 1.807) is 0 Å². The molecule has 2 heterocycles. The first-order valence-corrected chi connectivity index (χ1v) is 8.62. The van der Waals surface area contributed by atoms with Crippen LogP contribution in [-0.2, 0) is 9.59 Å². The van der Waals surface area contributed by atoms with E-state index in [4.69, 9.17) is 0 Å². The Morgan fingerprint density at radius 2 is 1.05 bits per heavy atom. The number of carbonyl (C=O) groups excluding carboxylic acids is 2. The average molecular weight is 310 g/mol. The molecule has 0 aliphatic carbocycles. The molecule has 0 amide bonds. The lowest BCUT2D eigenvalue weighted by Crippen LogP contribution is -2.19. The molecule has 0 radical (unpaired) electrons. The quantitative estimate of drug-likeness (QED) is 0.726. The molecule has 20 heavy (non-hydrogen) atoms. The zero-order valence-corrected chi connectivity index (χ0v) is 14.6. The monoisotopic (exact) mass is 310 g/mol. The molecule has 0 saturated heterocycles. The van der Waals surface area contributed by atoms with E-state index < -0.39 is 0 Å². The van der Waals surface area contributed by atoms with Gasteiger partial charge in [0, 0.05) is 21.6 Å². The van der Waals surface area contributed by atoms with E-state index in [0.717, 1.165) is 0 Å². The van der Waals surface area contributed by atoms with Crippen LogP contribution >= 0.6 is 23.5 Å². The van der Waals surface area contributed by atoms with Gasteiger partial charge in [0.05, 0.1) is 0 Å². The molecule has 110 valence electrons. The van der Waals surface area contributed by atoms with E-state index in [2.05, 4.69) is 41.5 Å². The Bertz CT molecular complexity index is 468. The SMILES string of the molecule is CC(C)(C)[C@H]1C=C(C2=C[C@H](C(C)(C)C)SC2=O)C(=O)S1. The molecular weight excluding hydrogens is 288 g/mol. The third-order valence-electron chi connectivity index (χ3n) is 3.54. The first-order valence-electron chi connectivity index (χ1n) is 6.86. The summed E-state index contributed by atoms with van der Waals surface area (Å²) in [6.45, 7) is 12.7. The van der Waals surface area contributed by atoms with Gasteiger partial charge in [0.15, 0.2) is 0 Å². The van der Waals surface area contributed by atoms with Crippen LogP contribution < -0.4 is 0 Å². The maximum atomic E-state index is 12.2. The van der Waals surface area contributed by atoms with E-state index in [1.165, 1.54) is 23.5 Å².